The lowest BCUT2D eigenvalue weighted by Gasteiger charge is -2.15. The van der Waals surface area contributed by atoms with Crippen molar-refractivity contribution in [3.05, 3.63) is 77.1 Å². The highest BCUT2D eigenvalue weighted by atomic mass is 35.5. The summed E-state index contributed by atoms with van der Waals surface area (Å²) in [4.78, 5) is 16.8. The van der Waals surface area contributed by atoms with Gasteiger partial charge in [-0.05, 0) is 28.8 Å². The molecule has 4 aromatic rings. The van der Waals surface area contributed by atoms with E-state index in [2.05, 4.69) is 25.6 Å². The van der Waals surface area contributed by atoms with E-state index in [0.717, 1.165) is 27.9 Å². The zero-order chi connectivity index (χ0) is 23.2. The number of aromatic amines is 1. The Bertz CT molecular complexity index is 1250. The third kappa shape index (κ3) is 5.38. The van der Waals surface area contributed by atoms with Gasteiger partial charge >= 0.3 is 5.97 Å². The average molecular weight is 482 g/mol. The van der Waals surface area contributed by atoms with Gasteiger partial charge in [-0.1, -0.05) is 48.5 Å². The monoisotopic (exact) mass is 481 g/mol. The molecule has 4 rings (SSSR count). The Labute approximate surface area is 202 Å². The van der Waals surface area contributed by atoms with Crippen molar-refractivity contribution >= 4 is 18.4 Å². The molecule has 176 valence electrons. The molecule has 0 atom stereocenters. The molecule has 10 heteroatoms. The molecule has 0 aliphatic carbocycles. The minimum Gasteiger partial charge on any atom is -0.488 e. The molecule has 0 bridgehead atoms. The van der Waals surface area contributed by atoms with Crippen molar-refractivity contribution < 1.29 is 19.0 Å². The van der Waals surface area contributed by atoms with Crippen molar-refractivity contribution in [3.63, 3.8) is 0 Å². The molecular weight excluding hydrogens is 458 g/mol. The van der Waals surface area contributed by atoms with Gasteiger partial charge in [0.1, 0.15) is 17.9 Å². The number of rotatable bonds is 8. The minimum absolute atomic E-state index is 0. The van der Waals surface area contributed by atoms with E-state index in [1.807, 2.05) is 55.5 Å². The van der Waals surface area contributed by atoms with Gasteiger partial charge in [-0.2, -0.15) is 5.21 Å². The van der Waals surface area contributed by atoms with Crippen molar-refractivity contribution in [1.29, 1.82) is 0 Å². The number of hydrogen-bond donors (Lipinski definition) is 1. The van der Waals surface area contributed by atoms with Crippen LogP contribution in [-0.2, 0) is 22.7 Å². The molecular formula is C24H24ClN5O4. The number of halogens is 1. The van der Waals surface area contributed by atoms with Crippen molar-refractivity contribution in [1.82, 2.24) is 25.6 Å². The lowest BCUT2D eigenvalue weighted by atomic mass is 9.98. The van der Waals surface area contributed by atoms with Crippen LogP contribution >= 0.6 is 12.4 Å². The molecule has 2 aromatic heterocycles. The third-order valence-electron chi connectivity index (χ3n) is 5.03. The van der Waals surface area contributed by atoms with Gasteiger partial charge in [-0.3, -0.25) is 4.98 Å². The first-order valence-corrected chi connectivity index (χ1v) is 10.2. The van der Waals surface area contributed by atoms with E-state index in [-0.39, 0.29) is 31.2 Å². The molecule has 34 heavy (non-hydrogen) atoms. The molecule has 1 N–H and O–H groups in total. The summed E-state index contributed by atoms with van der Waals surface area (Å²) in [5.41, 5.74) is 5.30. The van der Waals surface area contributed by atoms with Crippen LogP contribution in [0.5, 0.6) is 5.75 Å². The predicted molar refractivity (Wildman–Crippen MR) is 128 cm³/mol. The SMILES string of the molecule is COCc1nc(C)cc(OCc2ccc(-c3ccccc3-c3nn[nH]n3)cc2)c1C(=O)OC.Cl. The Morgan fingerprint density at radius 3 is 2.38 bits per heavy atom. The summed E-state index contributed by atoms with van der Waals surface area (Å²) < 4.78 is 16.1. The second-order valence-electron chi connectivity index (χ2n) is 7.27. The van der Waals surface area contributed by atoms with Crippen LogP contribution in [0.2, 0.25) is 0 Å². The summed E-state index contributed by atoms with van der Waals surface area (Å²) in [6, 6.07) is 17.6. The minimum atomic E-state index is -0.516. The zero-order valence-electron chi connectivity index (χ0n) is 18.9. The fraction of sp³-hybridized carbons (Fsp3) is 0.208. The van der Waals surface area contributed by atoms with E-state index in [9.17, 15) is 4.79 Å². The van der Waals surface area contributed by atoms with Crippen LogP contribution in [0.3, 0.4) is 0 Å². The maximum absolute atomic E-state index is 12.4. The van der Waals surface area contributed by atoms with E-state index < -0.39 is 5.97 Å². The number of hydrogen-bond acceptors (Lipinski definition) is 8. The van der Waals surface area contributed by atoms with E-state index in [0.29, 0.717) is 17.3 Å². The number of aryl methyl sites for hydroxylation is 1. The number of aromatic nitrogens is 5. The standard InChI is InChI=1S/C24H23N5O4.ClH/c1-15-12-21(22(24(30)32-3)20(25-15)14-31-2)33-13-16-8-10-17(11-9-16)18-6-4-5-7-19(18)23-26-28-29-27-23;/h4-12H,13-14H2,1-3H3,(H,26,27,28,29);1H. The van der Waals surface area contributed by atoms with Crippen LogP contribution in [-0.4, -0.2) is 45.8 Å². The number of carbonyl (C=O) groups excluding carboxylic acids is 1. The van der Waals surface area contributed by atoms with Crippen LogP contribution in [0.1, 0.15) is 27.3 Å². The number of tetrazole rings is 1. The third-order valence-corrected chi connectivity index (χ3v) is 5.03. The van der Waals surface area contributed by atoms with E-state index in [1.54, 1.807) is 13.2 Å². The number of carbonyl (C=O) groups is 1. The Morgan fingerprint density at radius 2 is 1.74 bits per heavy atom. The molecule has 2 heterocycles. The van der Waals surface area contributed by atoms with E-state index >= 15 is 0 Å². The molecule has 0 saturated heterocycles. The molecule has 0 fully saturated rings. The maximum atomic E-state index is 12.4. The lowest BCUT2D eigenvalue weighted by Crippen LogP contribution is -2.12. The van der Waals surface area contributed by atoms with Gasteiger partial charge in [-0.25, -0.2) is 4.79 Å². The van der Waals surface area contributed by atoms with Gasteiger partial charge in [0.2, 0.25) is 5.82 Å². The van der Waals surface area contributed by atoms with Crippen molar-refractivity contribution in [2.75, 3.05) is 14.2 Å². The number of pyridine rings is 1. The first-order chi connectivity index (χ1) is 16.1. The second kappa shape index (κ2) is 11.4. The summed E-state index contributed by atoms with van der Waals surface area (Å²) >= 11 is 0. The lowest BCUT2D eigenvalue weighted by molar-refractivity contribution is 0.0589. The highest BCUT2D eigenvalue weighted by Crippen LogP contribution is 2.30. The molecule has 0 aliphatic heterocycles. The number of H-pyrrole nitrogens is 1. The Hall–Kier alpha value is -3.82. The normalized spacial score (nSPS) is 10.4. The summed E-state index contributed by atoms with van der Waals surface area (Å²) in [7, 11) is 2.87. The Morgan fingerprint density at radius 1 is 1.00 bits per heavy atom. The molecule has 0 aliphatic rings. The smallest absolute Gasteiger partial charge is 0.343 e. The molecule has 0 spiro atoms. The van der Waals surface area contributed by atoms with E-state index in [4.69, 9.17) is 14.2 Å². The highest BCUT2D eigenvalue weighted by molar-refractivity contribution is 5.93. The Balaban J connectivity index is 0.00000324. The van der Waals surface area contributed by atoms with Gasteiger partial charge in [0, 0.05) is 24.4 Å². The molecule has 0 saturated carbocycles. The Kier molecular flexibility index (Phi) is 8.29. The van der Waals surface area contributed by atoms with Crippen molar-refractivity contribution in [2.45, 2.75) is 20.1 Å². The van der Waals surface area contributed by atoms with Crippen LogP contribution in [0.25, 0.3) is 22.5 Å². The summed E-state index contributed by atoms with van der Waals surface area (Å²) in [5, 5.41) is 14.3. The fourth-order valence-electron chi connectivity index (χ4n) is 3.53. The fourth-order valence-corrected chi connectivity index (χ4v) is 3.53. The van der Waals surface area contributed by atoms with Crippen LogP contribution in [0.4, 0.5) is 0 Å². The number of esters is 1. The molecule has 0 unspecified atom stereocenters. The average Bonchev–Trinajstić information content (AvgIpc) is 3.38. The van der Waals surface area contributed by atoms with Gasteiger partial charge < -0.3 is 14.2 Å². The van der Waals surface area contributed by atoms with Crippen LogP contribution in [0, 0.1) is 6.92 Å². The van der Waals surface area contributed by atoms with Gasteiger partial charge in [-0.15, -0.1) is 22.6 Å². The number of nitrogens with zero attached hydrogens (tertiary/aromatic N) is 4. The zero-order valence-corrected chi connectivity index (χ0v) is 19.8. The molecule has 2 aromatic carbocycles. The summed E-state index contributed by atoms with van der Waals surface area (Å²) in [6.45, 7) is 2.28. The molecule has 0 radical (unpaired) electrons. The first kappa shape index (κ1) is 24.8. The predicted octanol–water partition coefficient (Wildman–Crippen LogP) is 4.17. The van der Waals surface area contributed by atoms with Crippen LogP contribution in [0.15, 0.2) is 54.6 Å². The quantitative estimate of drug-likeness (QED) is 0.373. The number of methoxy groups -OCH3 is 2. The summed E-state index contributed by atoms with van der Waals surface area (Å²) in [5.74, 6) is 0.430. The maximum Gasteiger partial charge on any atom is 0.343 e. The van der Waals surface area contributed by atoms with Gasteiger partial charge in [0.15, 0.2) is 0 Å². The molecule has 9 nitrogen and oxygen atoms in total. The number of ether oxygens (including phenoxy) is 3. The van der Waals surface area contributed by atoms with Crippen LogP contribution < -0.4 is 4.74 Å². The van der Waals surface area contributed by atoms with Gasteiger partial charge in [0.25, 0.3) is 0 Å². The number of benzene rings is 2. The first-order valence-electron chi connectivity index (χ1n) is 10.2. The number of nitrogens with one attached hydrogen (secondary N) is 1. The van der Waals surface area contributed by atoms with Crippen molar-refractivity contribution in [2.24, 2.45) is 0 Å². The topological polar surface area (TPSA) is 112 Å². The summed E-state index contributed by atoms with van der Waals surface area (Å²) in [6.07, 6.45) is 0. The van der Waals surface area contributed by atoms with Crippen molar-refractivity contribution in [3.8, 4) is 28.3 Å². The van der Waals surface area contributed by atoms with Gasteiger partial charge in [0.05, 0.1) is 19.4 Å². The second-order valence-corrected chi connectivity index (χ2v) is 7.27. The van der Waals surface area contributed by atoms with E-state index in [1.165, 1.54) is 7.11 Å². The largest absolute Gasteiger partial charge is 0.488 e. The molecule has 0 amide bonds. The highest BCUT2D eigenvalue weighted by Gasteiger charge is 2.21.